The third-order valence-electron chi connectivity index (χ3n) is 5.37. The molecule has 2 nitrogen and oxygen atoms in total. The van der Waals surface area contributed by atoms with E-state index in [1.807, 2.05) is 12.1 Å². The largest absolute Gasteiger partial charge is 0.448 e. The molecule has 1 N–H and O–H groups in total. The van der Waals surface area contributed by atoms with Crippen molar-refractivity contribution in [2.45, 2.75) is 44.7 Å². The molecule has 1 aromatic rings. The smallest absolute Gasteiger partial charge is 0.193 e. The fourth-order valence-electron chi connectivity index (χ4n) is 4.92. The van der Waals surface area contributed by atoms with Gasteiger partial charge in [0.05, 0.1) is 6.54 Å². The molecule has 1 aromatic heterocycles. The van der Waals surface area contributed by atoms with Crippen LogP contribution in [0, 0.1) is 23.7 Å². The molecular weight excluding hydrogens is 246 g/mol. The van der Waals surface area contributed by atoms with Gasteiger partial charge in [-0.3, -0.25) is 0 Å². The van der Waals surface area contributed by atoms with Crippen LogP contribution in [0.2, 0.25) is 5.22 Å². The van der Waals surface area contributed by atoms with Crippen molar-refractivity contribution < 1.29 is 4.42 Å². The summed E-state index contributed by atoms with van der Waals surface area (Å²) in [7, 11) is 0. The van der Waals surface area contributed by atoms with Gasteiger partial charge in [-0.05, 0) is 79.5 Å². The van der Waals surface area contributed by atoms with Crippen LogP contribution in [0.15, 0.2) is 16.5 Å². The molecule has 4 aliphatic rings. The van der Waals surface area contributed by atoms with Gasteiger partial charge < -0.3 is 9.73 Å². The molecule has 0 spiro atoms. The molecule has 5 rings (SSSR count). The second-order valence-corrected chi connectivity index (χ2v) is 6.92. The van der Waals surface area contributed by atoms with Gasteiger partial charge in [-0.15, -0.1) is 0 Å². The van der Waals surface area contributed by atoms with Crippen LogP contribution < -0.4 is 5.32 Å². The molecule has 4 bridgehead atoms. The number of nitrogens with one attached hydrogen (secondary N) is 1. The van der Waals surface area contributed by atoms with Gasteiger partial charge in [0, 0.05) is 6.04 Å². The Kier molecular flexibility index (Phi) is 2.70. The van der Waals surface area contributed by atoms with Crippen LogP contribution in [0.1, 0.15) is 37.9 Å². The molecule has 4 fully saturated rings. The predicted molar refractivity (Wildman–Crippen MR) is 71.4 cm³/mol. The molecule has 0 aromatic carbocycles. The van der Waals surface area contributed by atoms with Crippen molar-refractivity contribution in [2.75, 3.05) is 0 Å². The van der Waals surface area contributed by atoms with Crippen LogP contribution in [0.3, 0.4) is 0 Å². The molecule has 0 unspecified atom stereocenters. The predicted octanol–water partition coefficient (Wildman–Crippen LogP) is 3.85. The maximum absolute atomic E-state index is 5.81. The van der Waals surface area contributed by atoms with Crippen LogP contribution in [-0.4, -0.2) is 6.04 Å². The molecule has 1 heterocycles. The molecule has 4 saturated carbocycles. The molecule has 98 valence electrons. The summed E-state index contributed by atoms with van der Waals surface area (Å²) in [6.07, 6.45) is 7.37. The van der Waals surface area contributed by atoms with Gasteiger partial charge in [0.2, 0.25) is 0 Å². The van der Waals surface area contributed by atoms with Crippen molar-refractivity contribution in [3.8, 4) is 0 Å². The zero-order valence-electron chi connectivity index (χ0n) is 10.6. The second kappa shape index (κ2) is 4.28. The third-order valence-corrected chi connectivity index (χ3v) is 5.57. The average Bonchev–Trinajstić information content (AvgIpc) is 2.73. The van der Waals surface area contributed by atoms with Crippen molar-refractivity contribution in [2.24, 2.45) is 23.7 Å². The van der Waals surface area contributed by atoms with E-state index in [0.717, 1.165) is 42.0 Å². The highest BCUT2D eigenvalue weighted by Gasteiger charge is 2.47. The monoisotopic (exact) mass is 265 g/mol. The van der Waals surface area contributed by atoms with Gasteiger partial charge in [0.15, 0.2) is 5.22 Å². The first-order chi connectivity index (χ1) is 8.78. The van der Waals surface area contributed by atoms with Crippen molar-refractivity contribution in [1.29, 1.82) is 0 Å². The lowest BCUT2D eigenvalue weighted by atomic mass is 9.54. The number of halogens is 1. The van der Waals surface area contributed by atoms with E-state index in [1.165, 1.54) is 32.1 Å². The maximum atomic E-state index is 5.81. The lowest BCUT2D eigenvalue weighted by Crippen LogP contribution is -2.54. The van der Waals surface area contributed by atoms with Gasteiger partial charge in [-0.2, -0.15) is 0 Å². The van der Waals surface area contributed by atoms with Crippen molar-refractivity contribution in [1.82, 2.24) is 5.32 Å². The van der Waals surface area contributed by atoms with Crippen LogP contribution in [0.5, 0.6) is 0 Å². The molecule has 3 heteroatoms. The molecule has 0 radical (unpaired) electrons. The van der Waals surface area contributed by atoms with Gasteiger partial charge in [-0.25, -0.2) is 0 Å². The number of hydrogen-bond acceptors (Lipinski definition) is 2. The Morgan fingerprint density at radius 2 is 1.72 bits per heavy atom. The summed E-state index contributed by atoms with van der Waals surface area (Å²) < 4.78 is 5.43. The van der Waals surface area contributed by atoms with Crippen LogP contribution >= 0.6 is 11.6 Å². The van der Waals surface area contributed by atoms with E-state index in [0.29, 0.717) is 5.22 Å². The Labute approximate surface area is 113 Å². The topological polar surface area (TPSA) is 25.2 Å². The van der Waals surface area contributed by atoms with Gasteiger partial charge in [0.1, 0.15) is 5.76 Å². The number of hydrogen-bond donors (Lipinski definition) is 1. The lowest BCUT2D eigenvalue weighted by Gasteiger charge is -2.54. The first-order valence-corrected chi connectivity index (χ1v) is 7.63. The first-order valence-electron chi connectivity index (χ1n) is 7.25. The van der Waals surface area contributed by atoms with Crippen LogP contribution in [-0.2, 0) is 6.54 Å². The Bertz CT molecular complexity index is 413. The van der Waals surface area contributed by atoms with E-state index in [9.17, 15) is 0 Å². The Balaban J connectivity index is 1.43. The summed E-state index contributed by atoms with van der Waals surface area (Å²) in [6.45, 7) is 0.833. The highest BCUT2D eigenvalue weighted by Crippen LogP contribution is 2.53. The fraction of sp³-hybridized carbons (Fsp3) is 0.733. The van der Waals surface area contributed by atoms with E-state index in [2.05, 4.69) is 5.32 Å². The van der Waals surface area contributed by atoms with Gasteiger partial charge in [-0.1, -0.05) is 0 Å². The molecule has 0 amide bonds. The van der Waals surface area contributed by atoms with E-state index in [1.54, 1.807) is 0 Å². The van der Waals surface area contributed by atoms with Crippen LogP contribution in [0.4, 0.5) is 0 Å². The lowest BCUT2D eigenvalue weighted by molar-refractivity contribution is -0.0147. The van der Waals surface area contributed by atoms with Crippen molar-refractivity contribution in [3.63, 3.8) is 0 Å². The molecular formula is C15H20ClNO. The third kappa shape index (κ3) is 1.90. The average molecular weight is 266 g/mol. The van der Waals surface area contributed by atoms with E-state index >= 15 is 0 Å². The quantitative estimate of drug-likeness (QED) is 0.898. The highest BCUT2D eigenvalue weighted by molar-refractivity contribution is 6.28. The zero-order chi connectivity index (χ0) is 12.1. The Hall–Kier alpha value is -0.470. The Morgan fingerprint density at radius 3 is 2.28 bits per heavy atom. The molecule has 0 saturated heterocycles. The minimum atomic E-state index is 0.497. The fourth-order valence-corrected chi connectivity index (χ4v) is 5.09. The SMILES string of the molecule is Clc1ccc(CNC2C3CC4CC(C3)CC2C4)o1. The van der Waals surface area contributed by atoms with Crippen molar-refractivity contribution >= 4 is 11.6 Å². The summed E-state index contributed by atoms with van der Waals surface area (Å²) in [6, 6.07) is 4.53. The van der Waals surface area contributed by atoms with E-state index in [4.69, 9.17) is 16.0 Å². The molecule has 18 heavy (non-hydrogen) atoms. The highest BCUT2D eigenvalue weighted by atomic mass is 35.5. The summed E-state index contributed by atoms with van der Waals surface area (Å²) in [4.78, 5) is 0. The summed E-state index contributed by atoms with van der Waals surface area (Å²) in [5.41, 5.74) is 0. The minimum Gasteiger partial charge on any atom is -0.448 e. The molecule has 0 atom stereocenters. The molecule has 0 aliphatic heterocycles. The minimum absolute atomic E-state index is 0.497. The first kappa shape index (κ1) is 11.4. The van der Waals surface area contributed by atoms with Crippen LogP contribution in [0.25, 0.3) is 0 Å². The second-order valence-electron chi connectivity index (χ2n) is 6.54. The number of rotatable bonds is 3. The zero-order valence-corrected chi connectivity index (χ0v) is 11.3. The number of furan rings is 1. The summed E-state index contributed by atoms with van der Waals surface area (Å²) in [5.74, 6) is 4.90. The molecule has 4 aliphatic carbocycles. The summed E-state index contributed by atoms with van der Waals surface area (Å²) in [5, 5.41) is 4.24. The van der Waals surface area contributed by atoms with E-state index < -0.39 is 0 Å². The van der Waals surface area contributed by atoms with Gasteiger partial charge in [0.25, 0.3) is 0 Å². The standard InChI is InChI=1S/C15H20ClNO/c16-14-2-1-13(18-14)8-17-15-11-4-9-3-10(6-11)7-12(15)5-9/h1-2,9-12,15,17H,3-8H2. The van der Waals surface area contributed by atoms with Gasteiger partial charge >= 0.3 is 0 Å². The van der Waals surface area contributed by atoms with E-state index in [-0.39, 0.29) is 0 Å². The normalized spacial score (nSPS) is 41.5. The Morgan fingerprint density at radius 1 is 1.06 bits per heavy atom. The summed E-state index contributed by atoms with van der Waals surface area (Å²) >= 11 is 5.81. The van der Waals surface area contributed by atoms with Crippen molar-refractivity contribution in [3.05, 3.63) is 23.1 Å². The maximum Gasteiger partial charge on any atom is 0.193 e.